The summed E-state index contributed by atoms with van der Waals surface area (Å²) >= 11 is 1.38. The first kappa shape index (κ1) is 19.8. The largest absolute Gasteiger partial charge is 0.497 e. The highest BCUT2D eigenvalue weighted by atomic mass is 32.1. The minimum atomic E-state index is -0.202. The second-order valence-electron chi connectivity index (χ2n) is 6.48. The van der Waals surface area contributed by atoms with Gasteiger partial charge in [0, 0.05) is 20.0 Å². The summed E-state index contributed by atoms with van der Waals surface area (Å²) in [6.07, 6.45) is 1.67. The highest BCUT2D eigenvalue weighted by Crippen LogP contribution is 2.20. The van der Waals surface area contributed by atoms with Crippen LogP contribution < -0.4 is 10.1 Å². The minimum Gasteiger partial charge on any atom is -0.497 e. The lowest BCUT2D eigenvalue weighted by Crippen LogP contribution is -2.30. The molecule has 2 aromatic carbocycles. The van der Waals surface area contributed by atoms with Gasteiger partial charge in [-0.05, 0) is 35.2 Å². The van der Waals surface area contributed by atoms with Gasteiger partial charge in [-0.25, -0.2) is 4.79 Å². The van der Waals surface area contributed by atoms with Crippen molar-refractivity contribution in [3.63, 3.8) is 0 Å². The molecule has 0 aliphatic rings. The van der Waals surface area contributed by atoms with E-state index in [1.165, 1.54) is 16.9 Å². The molecule has 0 saturated heterocycles. The number of aryl methyl sites for hydroxylation is 1. The number of nitrogens with zero attached hydrogens (tertiary/aromatic N) is 3. The fourth-order valence-corrected chi connectivity index (χ4v) is 3.47. The first-order valence-corrected chi connectivity index (χ1v) is 9.94. The van der Waals surface area contributed by atoms with E-state index >= 15 is 0 Å². The number of benzene rings is 2. The third kappa shape index (κ3) is 5.29. The predicted octanol–water partition coefficient (Wildman–Crippen LogP) is 4.36. The average Bonchev–Trinajstić information content (AvgIpc) is 3.15. The van der Waals surface area contributed by atoms with Gasteiger partial charge in [0.1, 0.15) is 10.8 Å². The molecule has 1 heterocycles. The Balaban J connectivity index is 1.54. The van der Waals surface area contributed by atoms with Crippen molar-refractivity contribution in [2.75, 3.05) is 19.5 Å². The molecule has 2 amide bonds. The number of nitrogens with one attached hydrogen (secondary N) is 1. The van der Waals surface area contributed by atoms with E-state index in [0.29, 0.717) is 18.1 Å². The number of anilines is 1. The summed E-state index contributed by atoms with van der Waals surface area (Å²) in [4.78, 5) is 14.0. The van der Waals surface area contributed by atoms with Crippen molar-refractivity contribution in [2.45, 2.75) is 26.3 Å². The Morgan fingerprint density at radius 3 is 2.32 bits per heavy atom. The number of rotatable bonds is 7. The Morgan fingerprint density at radius 1 is 1.04 bits per heavy atom. The average molecular weight is 397 g/mol. The van der Waals surface area contributed by atoms with Crippen LogP contribution in [0.5, 0.6) is 5.75 Å². The molecule has 6 nitrogen and oxygen atoms in total. The summed E-state index contributed by atoms with van der Waals surface area (Å²) in [5.74, 6) is 0.821. The second-order valence-corrected chi connectivity index (χ2v) is 7.54. The second kappa shape index (κ2) is 9.32. The van der Waals surface area contributed by atoms with E-state index in [2.05, 4.69) is 46.7 Å². The number of urea groups is 1. The lowest BCUT2D eigenvalue weighted by atomic mass is 10.1. The highest BCUT2D eigenvalue weighted by molar-refractivity contribution is 7.15. The van der Waals surface area contributed by atoms with Gasteiger partial charge in [-0.1, -0.05) is 54.7 Å². The van der Waals surface area contributed by atoms with Gasteiger partial charge in [-0.15, -0.1) is 10.2 Å². The normalized spacial score (nSPS) is 10.5. The molecule has 0 radical (unpaired) electrons. The molecule has 7 heteroatoms. The topological polar surface area (TPSA) is 67.4 Å². The van der Waals surface area contributed by atoms with Gasteiger partial charge in [0.2, 0.25) is 5.13 Å². The number of carbonyl (C=O) groups excluding carboxylic acids is 1. The Bertz CT molecular complexity index is 907. The van der Waals surface area contributed by atoms with Crippen LogP contribution in [0.1, 0.15) is 28.6 Å². The third-order valence-electron chi connectivity index (χ3n) is 4.39. The zero-order chi connectivity index (χ0) is 19.9. The molecular weight excluding hydrogens is 372 g/mol. The summed E-state index contributed by atoms with van der Waals surface area (Å²) in [6.45, 7) is 2.66. The van der Waals surface area contributed by atoms with Gasteiger partial charge in [0.25, 0.3) is 0 Å². The maximum atomic E-state index is 12.4. The van der Waals surface area contributed by atoms with Crippen LogP contribution in [0, 0.1) is 0 Å². The molecule has 0 spiro atoms. The van der Waals surface area contributed by atoms with E-state index in [1.807, 2.05) is 24.3 Å². The van der Waals surface area contributed by atoms with Crippen LogP contribution in [0.2, 0.25) is 0 Å². The standard InChI is InChI=1S/C21H24N4O2S/c1-4-15-5-7-17(8-6-15)14-25(2)21(26)22-20-24-23-19(28-20)13-16-9-11-18(27-3)12-10-16/h5-12H,4,13-14H2,1-3H3,(H,22,24,26). The van der Waals surface area contributed by atoms with Gasteiger partial charge in [0.15, 0.2) is 0 Å². The molecule has 0 fully saturated rings. The number of ether oxygens (including phenoxy) is 1. The van der Waals surface area contributed by atoms with Crippen molar-refractivity contribution in [3.8, 4) is 5.75 Å². The van der Waals surface area contributed by atoms with Crippen molar-refractivity contribution in [3.05, 3.63) is 70.2 Å². The molecule has 0 atom stereocenters. The Kier molecular flexibility index (Phi) is 6.60. The number of aromatic nitrogens is 2. The lowest BCUT2D eigenvalue weighted by molar-refractivity contribution is 0.220. The quantitative estimate of drug-likeness (QED) is 0.644. The van der Waals surface area contributed by atoms with Crippen LogP contribution >= 0.6 is 11.3 Å². The number of hydrogen-bond acceptors (Lipinski definition) is 5. The zero-order valence-corrected chi connectivity index (χ0v) is 17.1. The van der Waals surface area contributed by atoms with Crippen LogP contribution in [0.3, 0.4) is 0 Å². The zero-order valence-electron chi connectivity index (χ0n) is 16.3. The summed E-state index contributed by atoms with van der Waals surface area (Å²) in [7, 11) is 3.41. The van der Waals surface area contributed by atoms with Crippen LogP contribution in [0.25, 0.3) is 0 Å². The van der Waals surface area contributed by atoms with E-state index in [0.717, 1.165) is 28.3 Å². The SMILES string of the molecule is CCc1ccc(CN(C)C(=O)Nc2nnc(Cc3ccc(OC)cc3)s2)cc1. The van der Waals surface area contributed by atoms with E-state index in [1.54, 1.807) is 19.1 Å². The fourth-order valence-electron chi connectivity index (χ4n) is 2.71. The van der Waals surface area contributed by atoms with Gasteiger partial charge in [-0.3, -0.25) is 5.32 Å². The van der Waals surface area contributed by atoms with Crippen LogP contribution in [0.4, 0.5) is 9.93 Å². The monoisotopic (exact) mass is 396 g/mol. The van der Waals surface area contributed by atoms with Gasteiger partial charge >= 0.3 is 6.03 Å². The molecular formula is C21H24N4O2S. The Morgan fingerprint density at radius 2 is 1.68 bits per heavy atom. The Hall–Kier alpha value is -2.93. The summed E-state index contributed by atoms with van der Waals surface area (Å²) in [6, 6.07) is 15.9. The molecule has 1 aromatic heterocycles. The minimum absolute atomic E-state index is 0.202. The smallest absolute Gasteiger partial charge is 0.323 e. The third-order valence-corrected chi connectivity index (χ3v) is 5.23. The molecule has 0 unspecified atom stereocenters. The molecule has 3 rings (SSSR count). The van der Waals surface area contributed by atoms with E-state index in [4.69, 9.17) is 4.74 Å². The predicted molar refractivity (Wildman–Crippen MR) is 112 cm³/mol. The number of methoxy groups -OCH3 is 1. The van der Waals surface area contributed by atoms with E-state index < -0.39 is 0 Å². The molecule has 0 saturated carbocycles. The van der Waals surface area contributed by atoms with Gasteiger partial charge in [-0.2, -0.15) is 0 Å². The first-order valence-electron chi connectivity index (χ1n) is 9.12. The number of amides is 2. The summed E-state index contributed by atoms with van der Waals surface area (Å²) in [5.41, 5.74) is 3.49. The highest BCUT2D eigenvalue weighted by Gasteiger charge is 2.13. The molecule has 0 aliphatic carbocycles. The van der Waals surface area contributed by atoms with Gasteiger partial charge in [0.05, 0.1) is 7.11 Å². The molecule has 28 heavy (non-hydrogen) atoms. The number of carbonyl (C=O) groups is 1. The van der Waals surface area contributed by atoms with E-state index in [-0.39, 0.29) is 6.03 Å². The van der Waals surface area contributed by atoms with Crippen molar-refractivity contribution in [1.82, 2.24) is 15.1 Å². The van der Waals surface area contributed by atoms with Gasteiger partial charge < -0.3 is 9.64 Å². The van der Waals surface area contributed by atoms with Crippen molar-refractivity contribution in [1.29, 1.82) is 0 Å². The molecule has 1 N–H and O–H groups in total. The van der Waals surface area contributed by atoms with Crippen molar-refractivity contribution >= 4 is 22.5 Å². The summed E-state index contributed by atoms with van der Waals surface area (Å²) in [5, 5.41) is 12.4. The van der Waals surface area contributed by atoms with Crippen LogP contribution in [-0.2, 0) is 19.4 Å². The van der Waals surface area contributed by atoms with Crippen LogP contribution in [-0.4, -0.2) is 35.3 Å². The molecule has 146 valence electrons. The molecule has 0 aliphatic heterocycles. The maximum absolute atomic E-state index is 12.4. The van der Waals surface area contributed by atoms with E-state index in [9.17, 15) is 4.79 Å². The lowest BCUT2D eigenvalue weighted by Gasteiger charge is -2.17. The van der Waals surface area contributed by atoms with Crippen molar-refractivity contribution < 1.29 is 9.53 Å². The fraction of sp³-hybridized carbons (Fsp3) is 0.286. The summed E-state index contributed by atoms with van der Waals surface area (Å²) < 4.78 is 5.17. The number of hydrogen-bond donors (Lipinski definition) is 1. The Labute approximate surface area is 169 Å². The van der Waals surface area contributed by atoms with Crippen LogP contribution in [0.15, 0.2) is 48.5 Å². The first-order chi connectivity index (χ1) is 13.6. The maximum Gasteiger partial charge on any atom is 0.323 e. The van der Waals surface area contributed by atoms with Crippen molar-refractivity contribution in [2.24, 2.45) is 0 Å². The molecule has 3 aromatic rings. The molecule has 0 bridgehead atoms.